The zero-order valence-electron chi connectivity index (χ0n) is 16.8. The summed E-state index contributed by atoms with van der Waals surface area (Å²) < 4.78 is 2.12. The predicted octanol–water partition coefficient (Wildman–Crippen LogP) is 3.68. The molecule has 6 heteroatoms. The number of carbonyl (C=O) groups excluding carboxylic acids is 3. The molecule has 0 saturated carbocycles. The molecule has 1 saturated heterocycles. The Bertz CT molecular complexity index is 1190. The van der Waals surface area contributed by atoms with Gasteiger partial charge in [0.05, 0.1) is 5.69 Å². The predicted molar refractivity (Wildman–Crippen MR) is 112 cm³/mol. The molecular weight excluding hydrogens is 366 g/mol. The average molecular weight is 387 g/mol. The number of aryl methyl sites for hydroxylation is 1. The number of hydrogen-bond donors (Lipinski definition) is 0. The van der Waals surface area contributed by atoms with Gasteiger partial charge in [-0.1, -0.05) is 36.4 Å². The van der Waals surface area contributed by atoms with Crippen LogP contribution in [0.15, 0.2) is 54.1 Å². The number of likely N-dealkylation sites (N-methyl/N-ethyl adjacent to an activating group) is 2. The van der Waals surface area contributed by atoms with Crippen molar-refractivity contribution in [3.8, 4) is 5.69 Å². The Morgan fingerprint density at radius 2 is 1.45 bits per heavy atom. The Morgan fingerprint density at radius 3 is 2.14 bits per heavy atom. The number of benzene rings is 2. The molecule has 2 heterocycles. The summed E-state index contributed by atoms with van der Waals surface area (Å²) in [6, 6.07) is 15.6. The minimum Gasteiger partial charge on any atom is -0.317 e. The molecule has 0 N–H and O–H groups in total. The lowest BCUT2D eigenvalue weighted by molar-refractivity contribution is -0.134. The largest absolute Gasteiger partial charge is 0.333 e. The van der Waals surface area contributed by atoms with Crippen molar-refractivity contribution in [1.29, 1.82) is 0 Å². The average Bonchev–Trinajstić information content (AvgIpc) is 3.00. The molecule has 2 aromatic carbocycles. The number of nitrogens with zero attached hydrogens (tertiary/aromatic N) is 3. The molecule has 6 nitrogen and oxygen atoms in total. The number of urea groups is 1. The van der Waals surface area contributed by atoms with E-state index in [1.54, 1.807) is 6.08 Å². The van der Waals surface area contributed by atoms with Crippen LogP contribution in [0.5, 0.6) is 0 Å². The molecule has 1 fully saturated rings. The number of fused-ring (bicyclic) bond motifs is 1. The van der Waals surface area contributed by atoms with Gasteiger partial charge in [0.2, 0.25) is 0 Å². The summed E-state index contributed by atoms with van der Waals surface area (Å²) in [7, 11) is 2.75. The summed E-state index contributed by atoms with van der Waals surface area (Å²) in [4.78, 5) is 38.9. The fourth-order valence-corrected chi connectivity index (χ4v) is 3.84. The Hall–Kier alpha value is -3.67. The maximum Gasteiger partial charge on any atom is 0.333 e. The summed E-state index contributed by atoms with van der Waals surface area (Å²) in [5, 5.41) is 2.25. The van der Waals surface area contributed by atoms with Gasteiger partial charge in [-0.15, -0.1) is 0 Å². The second-order valence-corrected chi connectivity index (χ2v) is 7.23. The lowest BCUT2D eigenvalue weighted by atomic mass is 10.1. The molecule has 0 atom stereocenters. The maximum absolute atomic E-state index is 12.5. The van der Waals surface area contributed by atoms with Gasteiger partial charge < -0.3 is 4.57 Å². The van der Waals surface area contributed by atoms with Gasteiger partial charge >= 0.3 is 6.03 Å². The molecule has 0 bridgehead atoms. The second kappa shape index (κ2) is 6.74. The van der Waals surface area contributed by atoms with Crippen molar-refractivity contribution in [1.82, 2.24) is 14.4 Å². The highest BCUT2D eigenvalue weighted by Crippen LogP contribution is 2.29. The molecule has 146 valence electrons. The number of rotatable bonds is 2. The highest BCUT2D eigenvalue weighted by atomic mass is 16.2. The summed E-state index contributed by atoms with van der Waals surface area (Å²) >= 11 is 0. The van der Waals surface area contributed by atoms with Gasteiger partial charge in [0, 0.05) is 30.9 Å². The highest BCUT2D eigenvalue weighted by molar-refractivity contribution is 6.30. The third kappa shape index (κ3) is 2.84. The number of hydrogen-bond acceptors (Lipinski definition) is 3. The first-order chi connectivity index (χ1) is 13.8. The summed E-state index contributed by atoms with van der Waals surface area (Å²) in [5.41, 5.74) is 3.68. The van der Waals surface area contributed by atoms with E-state index >= 15 is 0 Å². The first-order valence-electron chi connectivity index (χ1n) is 9.30. The first kappa shape index (κ1) is 18.7. The van der Waals surface area contributed by atoms with Gasteiger partial charge in [0.1, 0.15) is 5.57 Å². The smallest absolute Gasteiger partial charge is 0.317 e. The fraction of sp³-hybridized carbons (Fsp3) is 0.174. The third-order valence-electron chi connectivity index (χ3n) is 5.42. The van der Waals surface area contributed by atoms with E-state index in [9.17, 15) is 14.4 Å². The second-order valence-electron chi connectivity index (χ2n) is 7.23. The standard InChI is InChI=1S/C23H21N3O3/c1-14-12-17(13-19-21(27)24(3)23(29)25(4)22(19)28)15(2)26(14)20-11-7-9-16-8-5-6-10-18(16)20/h5-13H,1-4H3. The molecule has 1 aliphatic rings. The van der Waals surface area contributed by atoms with E-state index in [0.29, 0.717) is 0 Å². The topological polar surface area (TPSA) is 62.6 Å². The normalized spacial score (nSPS) is 14.9. The van der Waals surface area contributed by atoms with E-state index in [1.165, 1.54) is 14.1 Å². The Kier molecular flexibility index (Phi) is 4.34. The quantitative estimate of drug-likeness (QED) is 0.498. The van der Waals surface area contributed by atoms with Crippen LogP contribution < -0.4 is 0 Å². The number of barbiturate groups is 1. The Balaban J connectivity index is 1.87. The van der Waals surface area contributed by atoms with Crippen LogP contribution >= 0.6 is 0 Å². The van der Waals surface area contributed by atoms with Gasteiger partial charge in [-0.3, -0.25) is 19.4 Å². The van der Waals surface area contributed by atoms with Crippen LogP contribution in [0.25, 0.3) is 22.5 Å². The lowest BCUT2D eigenvalue weighted by Crippen LogP contribution is -2.52. The van der Waals surface area contributed by atoms with Crippen LogP contribution in [0.3, 0.4) is 0 Å². The third-order valence-corrected chi connectivity index (χ3v) is 5.42. The van der Waals surface area contributed by atoms with Crippen LogP contribution in [0.2, 0.25) is 0 Å². The molecule has 0 aliphatic carbocycles. The Morgan fingerprint density at radius 1 is 0.828 bits per heavy atom. The molecule has 4 rings (SSSR count). The van der Waals surface area contributed by atoms with Crippen molar-refractivity contribution in [3.63, 3.8) is 0 Å². The minimum atomic E-state index is -0.627. The van der Waals surface area contributed by atoms with Gasteiger partial charge in [-0.05, 0) is 43.0 Å². The van der Waals surface area contributed by atoms with Gasteiger partial charge in [0.15, 0.2) is 0 Å². The van der Waals surface area contributed by atoms with Crippen molar-refractivity contribution in [3.05, 3.63) is 71.1 Å². The Labute approximate surface area is 168 Å². The van der Waals surface area contributed by atoms with Crippen LogP contribution in [0.1, 0.15) is 17.0 Å². The van der Waals surface area contributed by atoms with Crippen molar-refractivity contribution in [2.45, 2.75) is 13.8 Å². The van der Waals surface area contributed by atoms with E-state index in [0.717, 1.165) is 43.2 Å². The van der Waals surface area contributed by atoms with Gasteiger partial charge in [-0.25, -0.2) is 4.79 Å². The van der Waals surface area contributed by atoms with Crippen molar-refractivity contribution in [2.75, 3.05) is 14.1 Å². The van der Waals surface area contributed by atoms with E-state index in [2.05, 4.69) is 28.8 Å². The molecule has 0 radical (unpaired) electrons. The number of aromatic nitrogens is 1. The molecule has 3 aromatic rings. The molecule has 4 amide bonds. The first-order valence-corrected chi connectivity index (χ1v) is 9.30. The summed E-state index contributed by atoms with van der Waals surface area (Å²) in [6.07, 6.45) is 1.58. The van der Waals surface area contributed by atoms with Crippen LogP contribution in [-0.4, -0.2) is 46.3 Å². The molecule has 29 heavy (non-hydrogen) atoms. The van der Waals surface area contributed by atoms with Crippen molar-refractivity contribution >= 4 is 34.7 Å². The molecular formula is C23H21N3O3. The fourth-order valence-electron chi connectivity index (χ4n) is 3.84. The SMILES string of the molecule is Cc1cc(C=C2C(=O)N(C)C(=O)N(C)C2=O)c(C)n1-c1cccc2ccccc12. The van der Waals surface area contributed by atoms with Gasteiger partial charge in [0.25, 0.3) is 11.8 Å². The molecule has 1 aliphatic heterocycles. The maximum atomic E-state index is 12.5. The van der Waals surface area contributed by atoms with E-state index in [1.807, 2.05) is 38.1 Å². The van der Waals surface area contributed by atoms with E-state index in [4.69, 9.17) is 0 Å². The number of carbonyl (C=O) groups is 3. The van der Waals surface area contributed by atoms with Crippen LogP contribution in [0.4, 0.5) is 4.79 Å². The molecule has 0 spiro atoms. The summed E-state index contributed by atoms with van der Waals surface area (Å²) in [6.45, 7) is 3.95. The van der Waals surface area contributed by atoms with Crippen molar-refractivity contribution in [2.24, 2.45) is 0 Å². The summed E-state index contributed by atoms with van der Waals surface area (Å²) in [5.74, 6) is -1.18. The monoisotopic (exact) mass is 387 g/mol. The number of imide groups is 2. The van der Waals surface area contributed by atoms with Gasteiger partial charge in [-0.2, -0.15) is 0 Å². The number of amides is 4. The van der Waals surface area contributed by atoms with Crippen LogP contribution in [0, 0.1) is 13.8 Å². The van der Waals surface area contributed by atoms with Crippen LogP contribution in [-0.2, 0) is 9.59 Å². The van der Waals surface area contributed by atoms with E-state index < -0.39 is 17.8 Å². The molecule has 0 unspecified atom stereocenters. The lowest BCUT2D eigenvalue weighted by Gasteiger charge is -2.28. The van der Waals surface area contributed by atoms with Crippen molar-refractivity contribution < 1.29 is 14.4 Å². The highest BCUT2D eigenvalue weighted by Gasteiger charge is 2.38. The zero-order chi connectivity index (χ0) is 20.9. The zero-order valence-corrected chi connectivity index (χ0v) is 16.8. The molecule has 1 aromatic heterocycles. The minimum absolute atomic E-state index is 0.0206. The van der Waals surface area contributed by atoms with E-state index in [-0.39, 0.29) is 5.57 Å².